The molecule has 1 saturated heterocycles. The molecule has 1 aliphatic rings. The molecule has 3 rings (SSSR count). The monoisotopic (exact) mass is 413 g/mol. The van der Waals surface area contributed by atoms with E-state index in [2.05, 4.69) is 4.90 Å². The summed E-state index contributed by atoms with van der Waals surface area (Å²) in [7, 11) is 0. The van der Waals surface area contributed by atoms with Gasteiger partial charge in [0.05, 0.1) is 10.0 Å². The van der Waals surface area contributed by atoms with Gasteiger partial charge in [-0.1, -0.05) is 59.2 Å². The first kappa shape index (κ1) is 18.8. The minimum Gasteiger partial charge on any atom is -0.486 e. The van der Waals surface area contributed by atoms with Crippen molar-refractivity contribution in [2.75, 3.05) is 13.1 Å². The van der Waals surface area contributed by atoms with Crippen LogP contribution in [0.4, 0.5) is 0 Å². The molecule has 0 bridgehead atoms. The van der Waals surface area contributed by atoms with Gasteiger partial charge in [0, 0.05) is 23.7 Å². The maximum absolute atomic E-state index is 6.40. The molecule has 1 heterocycles. The Hall–Kier alpha value is -1.00. The maximum atomic E-state index is 6.40. The lowest BCUT2D eigenvalue weighted by Gasteiger charge is -2.29. The largest absolute Gasteiger partial charge is 0.486 e. The number of hydrogen-bond donors (Lipinski definition) is 0. The molecule has 0 N–H and O–H groups in total. The Bertz CT molecular complexity index is 735. The number of benzene rings is 2. The zero-order valence-electron chi connectivity index (χ0n) is 13.6. The minimum absolute atomic E-state index is 0.368. The Morgan fingerprint density at radius 2 is 1.56 bits per heavy atom. The Morgan fingerprint density at radius 1 is 0.960 bits per heavy atom. The number of piperidine rings is 1. The van der Waals surface area contributed by atoms with Gasteiger partial charge in [-0.25, -0.2) is 0 Å². The molecule has 2 nitrogen and oxygen atoms in total. The lowest BCUT2D eigenvalue weighted by Crippen LogP contribution is -2.34. The highest BCUT2D eigenvalue weighted by molar-refractivity contribution is 7.80. The molecule has 0 radical (unpaired) electrons. The average Bonchev–Trinajstić information content (AvgIpc) is 2.62. The summed E-state index contributed by atoms with van der Waals surface area (Å²) >= 11 is 24.3. The van der Waals surface area contributed by atoms with Gasteiger partial charge in [0.2, 0.25) is 0 Å². The van der Waals surface area contributed by atoms with Crippen molar-refractivity contribution in [1.82, 2.24) is 4.90 Å². The fourth-order valence-corrected chi connectivity index (χ4v) is 3.86. The van der Waals surface area contributed by atoms with Crippen molar-refractivity contribution < 1.29 is 4.74 Å². The summed E-state index contributed by atoms with van der Waals surface area (Å²) in [6, 6.07) is 11.1. The number of rotatable bonds is 4. The number of ether oxygens (including phenoxy) is 1. The molecule has 0 aromatic heterocycles. The van der Waals surface area contributed by atoms with Crippen LogP contribution in [0.25, 0.3) is 0 Å². The summed E-state index contributed by atoms with van der Waals surface area (Å²) in [5.74, 6) is 0.475. The van der Waals surface area contributed by atoms with Crippen molar-refractivity contribution in [2.45, 2.75) is 25.9 Å². The predicted octanol–water partition coefficient (Wildman–Crippen LogP) is 6.39. The van der Waals surface area contributed by atoms with Crippen LogP contribution < -0.4 is 4.74 Å². The van der Waals surface area contributed by atoms with Crippen LogP contribution in [0.3, 0.4) is 0 Å². The molecule has 0 unspecified atom stereocenters. The van der Waals surface area contributed by atoms with Crippen LogP contribution in [0.15, 0.2) is 36.4 Å². The topological polar surface area (TPSA) is 12.5 Å². The van der Waals surface area contributed by atoms with Crippen molar-refractivity contribution in [2.24, 2.45) is 0 Å². The Labute approximate surface area is 168 Å². The third-order valence-corrected chi connectivity index (χ3v) is 5.49. The number of nitrogens with zero attached hydrogens (tertiary/aromatic N) is 1. The second-order valence-electron chi connectivity index (χ2n) is 6.04. The van der Waals surface area contributed by atoms with Crippen molar-refractivity contribution in [3.8, 4) is 5.75 Å². The van der Waals surface area contributed by atoms with E-state index in [1.54, 1.807) is 0 Å². The first-order valence-corrected chi connectivity index (χ1v) is 9.74. The van der Waals surface area contributed by atoms with Crippen LogP contribution in [-0.2, 0) is 6.61 Å². The molecule has 2 aromatic carbocycles. The summed E-state index contributed by atoms with van der Waals surface area (Å²) in [5.41, 5.74) is 1.86. The standard InChI is InChI=1S/C19H18Cl3NOS/c20-15-6-4-13(5-7-15)12-24-18-16(21)10-14(11-17(18)22)19(25)23-8-2-1-3-9-23/h4-7,10-11H,1-3,8-9,12H2. The molecule has 1 aliphatic heterocycles. The van der Waals surface area contributed by atoms with Crippen molar-refractivity contribution >= 4 is 52.0 Å². The number of halogens is 3. The van der Waals surface area contributed by atoms with E-state index < -0.39 is 0 Å². The quantitative estimate of drug-likeness (QED) is 0.538. The third-order valence-electron chi connectivity index (χ3n) is 4.18. The Kier molecular flexibility index (Phi) is 6.45. The predicted molar refractivity (Wildman–Crippen MR) is 109 cm³/mol. The molecule has 6 heteroatoms. The van der Waals surface area contributed by atoms with E-state index in [0.717, 1.165) is 29.2 Å². The van der Waals surface area contributed by atoms with Gasteiger partial charge < -0.3 is 9.64 Å². The van der Waals surface area contributed by atoms with Gasteiger partial charge in [-0.05, 0) is 49.1 Å². The molecule has 0 spiro atoms. The zero-order valence-corrected chi connectivity index (χ0v) is 16.7. The minimum atomic E-state index is 0.368. The van der Waals surface area contributed by atoms with E-state index >= 15 is 0 Å². The third kappa shape index (κ3) is 4.79. The van der Waals surface area contributed by atoms with Crippen molar-refractivity contribution in [1.29, 1.82) is 0 Å². The van der Waals surface area contributed by atoms with Gasteiger partial charge >= 0.3 is 0 Å². The first-order chi connectivity index (χ1) is 12.0. The van der Waals surface area contributed by atoms with Gasteiger partial charge in [0.1, 0.15) is 11.6 Å². The van der Waals surface area contributed by atoms with Gasteiger partial charge in [-0.3, -0.25) is 0 Å². The van der Waals surface area contributed by atoms with Gasteiger partial charge in [0.15, 0.2) is 5.75 Å². The molecule has 132 valence electrons. The molecular weight excluding hydrogens is 397 g/mol. The van der Waals surface area contributed by atoms with Crippen molar-refractivity contribution in [3.63, 3.8) is 0 Å². The zero-order chi connectivity index (χ0) is 17.8. The van der Waals surface area contributed by atoms with E-state index in [0.29, 0.717) is 27.4 Å². The van der Waals surface area contributed by atoms with Gasteiger partial charge in [-0.15, -0.1) is 0 Å². The summed E-state index contributed by atoms with van der Waals surface area (Å²) in [6.07, 6.45) is 3.60. The Morgan fingerprint density at radius 3 is 2.16 bits per heavy atom. The van der Waals surface area contributed by atoms with Crippen LogP contribution in [0.5, 0.6) is 5.75 Å². The second-order valence-corrected chi connectivity index (χ2v) is 7.67. The van der Waals surface area contributed by atoms with Crippen LogP contribution >= 0.6 is 47.0 Å². The summed E-state index contributed by atoms with van der Waals surface area (Å²) in [6.45, 7) is 2.35. The number of hydrogen-bond acceptors (Lipinski definition) is 2. The Balaban J connectivity index is 1.73. The molecule has 2 aromatic rings. The smallest absolute Gasteiger partial charge is 0.157 e. The van der Waals surface area contributed by atoms with E-state index in [-0.39, 0.29) is 0 Å². The summed E-state index contributed by atoms with van der Waals surface area (Å²) < 4.78 is 5.81. The molecule has 0 atom stereocenters. The number of thiocarbonyl (C=S) groups is 1. The highest BCUT2D eigenvalue weighted by Crippen LogP contribution is 2.35. The lowest BCUT2D eigenvalue weighted by atomic mass is 10.1. The van der Waals surface area contributed by atoms with Crippen LogP contribution in [0.2, 0.25) is 15.1 Å². The van der Waals surface area contributed by atoms with E-state index in [1.807, 2.05) is 36.4 Å². The van der Waals surface area contributed by atoms with Crippen LogP contribution in [0, 0.1) is 0 Å². The SMILES string of the molecule is S=C(c1cc(Cl)c(OCc2ccc(Cl)cc2)c(Cl)c1)N1CCCCC1. The molecule has 0 saturated carbocycles. The average molecular weight is 415 g/mol. The van der Waals surface area contributed by atoms with E-state index in [4.69, 9.17) is 51.8 Å². The number of likely N-dealkylation sites (tertiary alicyclic amines) is 1. The molecule has 0 amide bonds. The van der Waals surface area contributed by atoms with Gasteiger partial charge in [-0.2, -0.15) is 0 Å². The fraction of sp³-hybridized carbons (Fsp3) is 0.316. The molecule has 1 fully saturated rings. The maximum Gasteiger partial charge on any atom is 0.157 e. The van der Waals surface area contributed by atoms with Crippen LogP contribution in [0.1, 0.15) is 30.4 Å². The highest BCUT2D eigenvalue weighted by atomic mass is 35.5. The normalized spacial score (nSPS) is 14.4. The molecular formula is C19H18Cl3NOS. The molecule has 25 heavy (non-hydrogen) atoms. The molecule has 0 aliphatic carbocycles. The highest BCUT2D eigenvalue weighted by Gasteiger charge is 2.18. The van der Waals surface area contributed by atoms with Crippen molar-refractivity contribution in [3.05, 3.63) is 62.6 Å². The summed E-state index contributed by atoms with van der Waals surface area (Å²) in [4.78, 5) is 3.02. The summed E-state index contributed by atoms with van der Waals surface area (Å²) in [5, 5.41) is 1.63. The van der Waals surface area contributed by atoms with Crippen LogP contribution in [-0.4, -0.2) is 23.0 Å². The first-order valence-electron chi connectivity index (χ1n) is 8.20. The second kappa shape index (κ2) is 8.59. The van der Waals surface area contributed by atoms with E-state index in [9.17, 15) is 0 Å². The lowest BCUT2D eigenvalue weighted by molar-refractivity contribution is 0.306. The van der Waals surface area contributed by atoms with E-state index in [1.165, 1.54) is 19.3 Å². The fourth-order valence-electron chi connectivity index (χ4n) is 2.84. The van der Waals surface area contributed by atoms with Gasteiger partial charge in [0.25, 0.3) is 0 Å².